The number of fused-ring (bicyclic) bond motifs is 1. The molecule has 0 saturated carbocycles. The average Bonchev–Trinajstić information content (AvgIpc) is 2.35. The third-order valence-corrected chi connectivity index (χ3v) is 2.68. The molecule has 1 nitrogen and oxygen atoms in total. The first kappa shape index (κ1) is 5.18. The highest BCUT2D eigenvalue weighted by molar-refractivity contribution is 7.12. The Labute approximate surface area is 57.8 Å². The summed E-state index contributed by atoms with van der Waals surface area (Å²) in [5.41, 5.74) is 2.21. The molecule has 0 unspecified atom stereocenters. The highest BCUT2D eigenvalue weighted by atomic mass is 32.1. The Morgan fingerprint density at radius 2 is 2.33 bits per heavy atom. The lowest BCUT2D eigenvalue weighted by Crippen LogP contribution is -1.85. The van der Waals surface area contributed by atoms with Gasteiger partial charge in [0.15, 0.2) is 0 Å². The van der Waals surface area contributed by atoms with Gasteiger partial charge in [-0.3, -0.25) is 0 Å². The number of nitrogens with one attached hydrogen (secondary N) is 1. The molecule has 0 radical (unpaired) electrons. The fourth-order valence-corrected chi connectivity index (χ4v) is 2.10. The molecule has 1 aromatic heterocycles. The largest absolute Gasteiger partial charge is 0.304 e. The monoisotopic (exact) mass is 137 g/mol. The zero-order chi connectivity index (χ0) is 6.27. The Balaban J connectivity index is 2.61. The molecule has 0 aromatic carbocycles. The van der Waals surface area contributed by atoms with E-state index in [1.165, 1.54) is 10.4 Å². The van der Waals surface area contributed by atoms with Crippen molar-refractivity contribution >= 4 is 17.0 Å². The number of hydrogen-bond acceptors (Lipinski definition) is 2. The van der Waals surface area contributed by atoms with E-state index in [2.05, 4.69) is 11.4 Å². The van der Waals surface area contributed by atoms with Crippen LogP contribution in [0.1, 0.15) is 16.9 Å². The van der Waals surface area contributed by atoms with Gasteiger partial charge in [0.05, 0.1) is 4.88 Å². The minimum Gasteiger partial charge on any atom is -0.304 e. The van der Waals surface area contributed by atoms with Gasteiger partial charge in [0, 0.05) is 5.71 Å². The molecule has 0 fully saturated rings. The van der Waals surface area contributed by atoms with E-state index in [-0.39, 0.29) is 0 Å². The van der Waals surface area contributed by atoms with Crippen molar-refractivity contribution in [3.63, 3.8) is 0 Å². The molecule has 0 spiro atoms. The molecule has 1 aliphatic rings. The van der Waals surface area contributed by atoms with Gasteiger partial charge in [-0.05, 0) is 29.9 Å². The van der Waals surface area contributed by atoms with Crippen LogP contribution in [0.2, 0.25) is 0 Å². The number of thiophene rings is 1. The van der Waals surface area contributed by atoms with Crippen molar-refractivity contribution in [2.45, 2.75) is 12.8 Å². The number of rotatable bonds is 0. The van der Waals surface area contributed by atoms with Crippen LogP contribution < -0.4 is 0 Å². The Hall–Kier alpha value is -0.630. The lowest BCUT2D eigenvalue weighted by atomic mass is 10.3. The summed E-state index contributed by atoms with van der Waals surface area (Å²) >= 11 is 1.70. The quantitative estimate of drug-likeness (QED) is 0.566. The molecule has 46 valence electrons. The van der Waals surface area contributed by atoms with Gasteiger partial charge in [0.1, 0.15) is 0 Å². The molecule has 1 N–H and O–H groups in total. The summed E-state index contributed by atoms with van der Waals surface area (Å²) in [6, 6.07) is 2.13. The summed E-state index contributed by atoms with van der Waals surface area (Å²) < 4.78 is 0. The summed E-state index contributed by atoms with van der Waals surface area (Å²) in [6.07, 6.45) is 2.06. The standard InChI is InChI=1S/C7H7NS/c8-6-2-1-5-3-4-9-7(5)6/h3-4,8H,1-2H2. The molecule has 0 saturated heterocycles. The maximum Gasteiger partial charge on any atom is 0.0510 e. The van der Waals surface area contributed by atoms with Crippen molar-refractivity contribution in [2.24, 2.45) is 0 Å². The second-order valence-electron chi connectivity index (χ2n) is 2.25. The van der Waals surface area contributed by atoms with Gasteiger partial charge >= 0.3 is 0 Å². The molecule has 1 heterocycles. The smallest absolute Gasteiger partial charge is 0.0510 e. The molecule has 0 bridgehead atoms. The summed E-state index contributed by atoms with van der Waals surface area (Å²) in [6.45, 7) is 0. The second-order valence-corrected chi connectivity index (χ2v) is 3.17. The molecular formula is C7H7NS. The van der Waals surface area contributed by atoms with E-state index >= 15 is 0 Å². The van der Waals surface area contributed by atoms with Gasteiger partial charge in [-0.2, -0.15) is 0 Å². The summed E-state index contributed by atoms with van der Waals surface area (Å²) in [4.78, 5) is 1.22. The third-order valence-electron chi connectivity index (χ3n) is 1.67. The fourth-order valence-electron chi connectivity index (χ4n) is 1.17. The average molecular weight is 137 g/mol. The molecule has 0 atom stereocenters. The zero-order valence-electron chi connectivity index (χ0n) is 4.98. The molecular weight excluding hydrogens is 130 g/mol. The summed E-state index contributed by atoms with van der Waals surface area (Å²) in [5, 5.41) is 9.53. The van der Waals surface area contributed by atoms with Gasteiger partial charge in [0.2, 0.25) is 0 Å². The maximum absolute atomic E-state index is 7.46. The van der Waals surface area contributed by atoms with Gasteiger partial charge < -0.3 is 5.41 Å². The van der Waals surface area contributed by atoms with Gasteiger partial charge in [-0.25, -0.2) is 0 Å². The predicted octanol–water partition coefficient (Wildman–Crippen LogP) is 2.06. The van der Waals surface area contributed by atoms with E-state index in [1.54, 1.807) is 11.3 Å². The molecule has 2 rings (SSSR count). The maximum atomic E-state index is 7.46. The van der Waals surface area contributed by atoms with Gasteiger partial charge in [-0.1, -0.05) is 0 Å². The Bertz CT molecular complexity index is 249. The van der Waals surface area contributed by atoms with Crippen LogP contribution in [0.3, 0.4) is 0 Å². The lowest BCUT2D eigenvalue weighted by molar-refractivity contribution is 1.09. The van der Waals surface area contributed by atoms with Crippen molar-refractivity contribution in [2.75, 3.05) is 0 Å². The van der Waals surface area contributed by atoms with E-state index in [0.29, 0.717) is 0 Å². The first-order chi connectivity index (χ1) is 4.38. The molecule has 0 aliphatic heterocycles. The highest BCUT2D eigenvalue weighted by Crippen LogP contribution is 2.26. The summed E-state index contributed by atoms with van der Waals surface area (Å²) in [7, 11) is 0. The molecule has 2 heteroatoms. The Morgan fingerprint density at radius 3 is 3.11 bits per heavy atom. The van der Waals surface area contributed by atoms with Crippen molar-refractivity contribution in [3.05, 3.63) is 21.9 Å². The lowest BCUT2D eigenvalue weighted by Gasteiger charge is -1.83. The Kier molecular flexibility index (Phi) is 0.963. The van der Waals surface area contributed by atoms with Crippen LogP contribution in [0.25, 0.3) is 0 Å². The normalized spacial score (nSPS) is 16.2. The molecule has 1 aliphatic carbocycles. The molecule has 1 aromatic rings. The summed E-state index contributed by atoms with van der Waals surface area (Å²) in [5.74, 6) is 0. The first-order valence-electron chi connectivity index (χ1n) is 3.02. The highest BCUT2D eigenvalue weighted by Gasteiger charge is 2.16. The van der Waals surface area contributed by atoms with Crippen molar-refractivity contribution in [1.29, 1.82) is 5.41 Å². The van der Waals surface area contributed by atoms with Crippen molar-refractivity contribution < 1.29 is 0 Å². The van der Waals surface area contributed by atoms with Crippen molar-refractivity contribution in [1.82, 2.24) is 0 Å². The van der Waals surface area contributed by atoms with Gasteiger partial charge in [0.25, 0.3) is 0 Å². The van der Waals surface area contributed by atoms with Crippen LogP contribution in [-0.2, 0) is 6.42 Å². The fraction of sp³-hybridized carbons (Fsp3) is 0.286. The van der Waals surface area contributed by atoms with E-state index in [1.807, 2.05) is 0 Å². The second kappa shape index (κ2) is 1.67. The van der Waals surface area contributed by atoms with Crippen LogP contribution in [0.4, 0.5) is 0 Å². The predicted molar refractivity (Wildman–Crippen MR) is 39.5 cm³/mol. The topological polar surface area (TPSA) is 23.9 Å². The van der Waals surface area contributed by atoms with E-state index in [0.717, 1.165) is 18.6 Å². The number of hydrogen-bond donors (Lipinski definition) is 1. The van der Waals surface area contributed by atoms with Crippen LogP contribution in [0, 0.1) is 5.41 Å². The van der Waals surface area contributed by atoms with Gasteiger partial charge in [-0.15, -0.1) is 11.3 Å². The van der Waals surface area contributed by atoms with E-state index in [4.69, 9.17) is 5.41 Å². The van der Waals surface area contributed by atoms with E-state index < -0.39 is 0 Å². The van der Waals surface area contributed by atoms with Crippen LogP contribution in [0.5, 0.6) is 0 Å². The third kappa shape index (κ3) is 0.630. The van der Waals surface area contributed by atoms with Crippen molar-refractivity contribution in [3.8, 4) is 0 Å². The number of aryl methyl sites for hydroxylation is 1. The zero-order valence-corrected chi connectivity index (χ0v) is 5.79. The minimum absolute atomic E-state index is 0.833. The molecule has 9 heavy (non-hydrogen) atoms. The SMILES string of the molecule is N=C1CCc2ccsc21. The minimum atomic E-state index is 0.833. The van der Waals surface area contributed by atoms with Crippen LogP contribution in [0.15, 0.2) is 11.4 Å². The molecule has 0 amide bonds. The first-order valence-corrected chi connectivity index (χ1v) is 3.90. The van der Waals surface area contributed by atoms with E-state index in [9.17, 15) is 0 Å². The Morgan fingerprint density at radius 1 is 1.44 bits per heavy atom. The van der Waals surface area contributed by atoms with Crippen LogP contribution >= 0.6 is 11.3 Å². The van der Waals surface area contributed by atoms with Crippen LogP contribution in [-0.4, -0.2) is 5.71 Å².